The molecule has 162 valence electrons. The molecule has 30 heavy (non-hydrogen) atoms. The van der Waals surface area contributed by atoms with E-state index in [2.05, 4.69) is 14.9 Å². The molecule has 0 bridgehead atoms. The van der Waals surface area contributed by atoms with Crippen LogP contribution in [0.5, 0.6) is 0 Å². The van der Waals surface area contributed by atoms with Crippen LogP contribution in [0.15, 0.2) is 47.4 Å². The van der Waals surface area contributed by atoms with Crippen LogP contribution in [-0.2, 0) is 10.0 Å². The SMILES string of the molecule is Cc1cccc(NS(=O)(=O)c2cc(C(=O)NCCCN3CCCCC3)ccc2Cl)c1. The lowest BCUT2D eigenvalue weighted by Gasteiger charge is -2.26. The molecule has 6 nitrogen and oxygen atoms in total. The molecule has 1 amide bonds. The molecule has 0 unspecified atom stereocenters. The van der Waals surface area contributed by atoms with Gasteiger partial charge in [0.2, 0.25) is 0 Å². The highest BCUT2D eigenvalue weighted by atomic mass is 35.5. The van der Waals surface area contributed by atoms with Gasteiger partial charge in [0.1, 0.15) is 4.90 Å². The Morgan fingerprint density at radius 2 is 1.87 bits per heavy atom. The van der Waals surface area contributed by atoms with Gasteiger partial charge in [-0.3, -0.25) is 9.52 Å². The second-order valence-corrected chi connectivity index (χ2v) is 9.69. The van der Waals surface area contributed by atoms with Crippen molar-refractivity contribution in [3.05, 3.63) is 58.6 Å². The molecule has 2 N–H and O–H groups in total. The molecular weight excluding hydrogens is 422 g/mol. The zero-order valence-corrected chi connectivity index (χ0v) is 18.7. The smallest absolute Gasteiger partial charge is 0.263 e. The first-order chi connectivity index (χ1) is 14.3. The third kappa shape index (κ3) is 6.20. The Kier molecular flexibility index (Phi) is 7.75. The minimum atomic E-state index is -3.93. The number of hydrogen-bond donors (Lipinski definition) is 2. The van der Waals surface area contributed by atoms with Gasteiger partial charge in [-0.15, -0.1) is 0 Å². The van der Waals surface area contributed by atoms with Crippen molar-refractivity contribution >= 4 is 33.2 Å². The van der Waals surface area contributed by atoms with Gasteiger partial charge in [0, 0.05) is 17.8 Å². The van der Waals surface area contributed by atoms with Gasteiger partial charge in [-0.25, -0.2) is 8.42 Å². The van der Waals surface area contributed by atoms with Gasteiger partial charge < -0.3 is 10.2 Å². The molecule has 2 aromatic rings. The van der Waals surface area contributed by atoms with E-state index in [4.69, 9.17) is 11.6 Å². The van der Waals surface area contributed by atoms with Crippen molar-refractivity contribution in [2.45, 2.75) is 37.5 Å². The Morgan fingerprint density at radius 3 is 2.60 bits per heavy atom. The number of piperidine rings is 1. The number of halogens is 1. The molecule has 1 aliphatic heterocycles. The van der Waals surface area contributed by atoms with Crippen molar-refractivity contribution in [2.24, 2.45) is 0 Å². The number of benzene rings is 2. The first-order valence-electron chi connectivity index (χ1n) is 10.2. The van der Waals surface area contributed by atoms with Crippen LogP contribution in [0.25, 0.3) is 0 Å². The van der Waals surface area contributed by atoms with Crippen LogP contribution >= 0.6 is 11.6 Å². The Morgan fingerprint density at radius 1 is 1.10 bits per heavy atom. The maximum Gasteiger partial charge on any atom is 0.263 e. The monoisotopic (exact) mass is 449 g/mol. The van der Waals surface area contributed by atoms with Gasteiger partial charge in [0.15, 0.2) is 0 Å². The fourth-order valence-corrected chi connectivity index (χ4v) is 5.14. The lowest BCUT2D eigenvalue weighted by molar-refractivity contribution is 0.0951. The van der Waals surface area contributed by atoms with E-state index < -0.39 is 10.0 Å². The zero-order valence-electron chi connectivity index (χ0n) is 17.2. The molecule has 0 spiro atoms. The van der Waals surface area contributed by atoms with Crippen molar-refractivity contribution in [3.63, 3.8) is 0 Å². The number of anilines is 1. The highest BCUT2D eigenvalue weighted by Crippen LogP contribution is 2.25. The van der Waals surface area contributed by atoms with Crippen LogP contribution in [0.2, 0.25) is 5.02 Å². The Labute approximate surface area is 183 Å². The lowest BCUT2D eigenvalue weighted by atomic mass is 10.1. The topological polar surface area (TPSA) is 78.5 Å². The molecule has 8 heteroatoms. The van der Waals surface area contributed by atoms with Crippen molar-refractivity contribution in [2.75, 3.05) is 30.9 Å². The number of likely N-dealkylation sites (tertiary alicyclic amines) is 1. The second kappa shape index (κ2) is 10.3. The van der Waals surface area contributed by atoms with E-state index in [0.29, 0.717) is 12.2 Å². The Bertz CT molecular complexity index is 989. The largest absolute Gasteiger partial charge is 0.352 e. The number of rotatable bonds is 8. The molecule has 1 heterocycles. The summed E-state index contributed by atoms with van der Waals surface area (Å²) in [5, 5.41) is 2.94. The standard InChI is InChI=1S/C22H28ClN3O3S/c1-17-7-5-8-19(15-17)25-30(28,29)21-16-18(9-10-20(21)23)22(27)24-11-6-14-26-12-3-2-4-13-26/h5,7-10,15-16,25H,2-4,6,11-14H2,1H3,(H,24,27). The fourth-order valence-electron chi connectivity index (χ4n) is 3.56. The van der Waals surface area contributed by atoms with Crippen LogP contribution in [0.4, 0.5) is 5.69 Å². The first-order valence-corrected chi connectivity index (χ1v) is 12.1. The number of amides is 1. The van der Waals surface area contributed by atoms with E-state index in [9.17, 15) is 13.2 Å². The van der Waals surface area contributed by atoms with Crippen molar-refractivity contribution in [1.82, 2.24) is 10.2 Å². The van der Waals surface area contributed by atoms with Gasteiger partial charge in [0.25, 0.3) is 15.9 Å². The minimum absolute atomic E-state index is 0.0665. The van der Waals surface area contributed by atoms with Crippen LogP contribution in [-0.4, -0.2) is 45.4 Å². The summed E-state index contributed by atoms with van der Waals surface area (Å²) >= 11 is 6.14. The quantitative estimate of drug-likeness (QED) is 0.596. The van der Waals surface area contributed by atoms with Gasteiger partial charge in [-0.05, 0) is 81.7 Å². The maximum absolute atomic E-state index is 12.8. The van der Waals surface area contributed by atoms with E-state index >= 15 is 0 Å². The van der Waals surface area contributed by atoms with Gasteiger partial charge in [-0.1, -0.05) is 30.2 Å². The summed E-state index contributed by atoms with van der Waals surface area (Å²) in [6.07, 6.45) is 4.64. The molecule has 0 saturated carbocycles. The van der Waals surface area contributed by atoms with Gasteiger partial charge >= 0.3 is 0 Å². The molecule has 2 aromatic carbocycles. The normalized spacial score (nSPS) is 15.0. The number of sulfonamides is 1. The van der Waals surface area contributed by atoms with Gasteiger partial charge in [-0.2, -0.15) is 0 Å². The summed E-state index contributed by atoms with van der Waals surface area (Å²) in [5.41, 5.74) is 1.64. The highest BCUT2D eigenvalue weighted by molar-refractivity contribution is 7.92. The first kappa shape index (κ1) is 22.6. The third-order valence-electron chi connectivity index (χ3n) is 5.14. The molecule has 1 fully saturated rings. The number of carbonyl (C=O) groups excluding carboxylic acids is 1. The molecule has 0 atom stereocenters. The average molecular weight is 450 g/mol. The summed E-state index contributed by atoms with van der Waals surface area (Å²) in [6, 6.07) is 11.3. The number of carbonyl (C=O) groups is 1. The molecule has 0 radical (unpaired) electrons. The van der Waals surface area contributed by atoms with E-state index in [1.54, 1.807) is 18.2 Å². The van der Waals surface area contributed by atoms with Crippen LogP contribution in [0, 0.1) is 6.92 Å². The third-order valence-corrected chi connectivity index (χ3v) is 7.00. The van der Waals surface area contributed by atoms with Crippen molar-refractivity contribution in [3.8, 4) is 0 Å². The summed E-state index contributed by atoms with van der Waals surface area (Å²) in [7, 11) is -3.93. The van der Waals surface area contributed by atoms with E-state index in [-0.39, 0.29) is 21.4 Å². The fraction of sp³-hybridized carbons (Fsp3) is 0.409. The number of hydrogen-bond acceptors (Lipinski definition) is 4. The van der Waals surface area contributed by atoms with Gasteiger partial charge in [0.05, 0.1) is 5.02 Å². The van der Waals surface area contributed by atoms with E-state index in [0.717, 1.165) is 31.6 Å². The molecule has 1 aliphatic rings. The van der Waals surface area contributed by atoms with Crippen LogP contribution in [0.3, 0.4) is 0 Å². The van der Waals surface area contributed by atoms with Crippen LogP contribution < -0.4 is 10.0 Å². The summed E-state index contributed by atoms with van der Waals surface area (Å²) < 4.78 is 28.1. The predicted molar refractivity (Wildman–Crippen MR) is 121 cm³/mol. The van der Waals surface area contributed by atoms with E-state index in [1.807, 2.05) is 13.0 Å². The maximum atomic E-state index is 12.8. The van der Waals surface area contributed by atoms with Crippen LogP contribution in [0.1, 0.15) is 41.6 Å². The minimum Gasteiger partial charge on any atom is -0.352 e. The molecular formula is C22H28ClN3O3S. The number of nitrogens with one attached hydrogen (secondary N) is 2. The zero-order chi connectivity index (χ0) is 21.6. The lowest BCUT2D eigenvalue weighted by Crippen LogP contribution is -2.33. The Balaban J connectivity index is 1.62. The highest BCUT2D eigenvalue weighted by Gasteiger charge is 2.20. The van der Waals surface area contributed by atoms with E-state index in [1.165, 1.54) is 37.5 Å². The predicted octanol–water partition coefficient (Wildman–Crippen LogP) is 4.06. The molecule has 1 saturated heterocycles. The van der Waals surface area contributed by atoms with Crippen molar-refractivity contribution < 1.29 is 13.2 Å². The van der Waals surface area contributed by atoms with Crippen molar-refractivity contribution in [1.29, 1.82) is 0 Å². The summed E-state index contributed by atoms with van der Waals surface area (Å²) in [4.78, 5) is 14.8. The molecule has 0 aromatic heterocycles. The summed E-state index contributed by atoms with van der Waals surface area (Å²) in [5.74, 6) is -0.308. The molecule has 0 aliphatic carbocycles. The molecule has 3 rings (SSSR count). The number of nitrogens with zero attached hydrogens (tertiary/aromatic N) is 1. The summed E-state index contributed by atoms with van der Waals surface area (Å²) in [6.45, 7) is 5.63. The second-order valence-electron chi connectivity index (χ2n) is 7.63. The number of aryl methyl sites for hydroxylation is 1. The Hall–Kier alpha value is -2.09. The average Bonchev–Trinajstić information content (AvgIpc) is 2.71.